The van der Waals surface area contributed by atoms with Gasteiger partial charge in [0.1, 0.15) is 11.1 Å². The van der Waals surface area contributed by atoms with Gasteiger partial charge in [0.25, 0.3) is 0 Å². The van der Waals surface area contributed by atoms with Crippen LogP contribution in [0.15, 0.2) is 30.3 Å². The Kier molecular flexibility index (Phi) is 3.36. The van der Waals surface area contributed by atoms with Crippen molar-refractivity contribution in [3.63, 3.8) is 0 Å². The molecule has 3 heteroatoms. The highest BCUT2D eigenvalue weighted by Gasteiger charge is 2.14. The van der Waals surface area contributed by atoms with E-state index in [9.17, 15) is 5.11 Å². The molecule has 0 spiro atoms. The van der Waals surface area contributed by atoms with Crippen molar-refractivity contribution >= 4 is 11.3 Å². The minimum atomic E-state index is -0.479. The molecular formula is C13H15NOS. The van der Waals surface area contributed by atoms with Gasteiger partial charge >= 0.3 is 0 Å². The summed E-state index contributed by atoms with van der Waals surface area (Å²) in [6.07, 6.45) is 0.474. The quantitative estimate of drug-likeness (QED) is 0.881. The molecule has 2 aromatic rings. The third-order valence-electron chi connectivity index (χ3n) is 2.44. The second kappa shape index (κ2) is 4.76. The molecule has 0 fully saturated rings. The fourth-order valence-electron chi connectivity index (χ4n) is 1.61. The minimum absolute atomic E-state index is 0.479. The van der Waals surface area contributed by atoms with Crippen LogP contribution in [0.3, 0.4) is 0 Å². The summed E-state index contributed by atoms with van der Waals surface area (Å²) >= 11 is 1.60. The fraction of sp³-hybridized carbons (Fsp3) is 0.308. The molecule has 84 valence electrons. The predicted octanol–water partition coefficient (Wildman–Crippen LogP) is 3.43. The maximum atomic E-state index is 9.55. The van der Waals surface area contributed by atoms with Crippen molar-refractivity contribution in [2.24, 2.45) is 0 Å². The molecule has 1 unspecified atom stereocenters. The number of nitrogens with zero attached hydrogens (tertiary/aromatic N) is 1. The highest BCUT2D eigenvalue weighted by Crippen LogP contribution is 2.31. The van der Waals surface area contributed by atoms with E-state index in [1.807, 2.05) is 18.2 Å². The molecule has 0 bridgehead atoms. The summed E-state index contributed by atoms with van der Waals surface area (Å²) in [7, 11) is 0. The van der Waals surface area contributed by atoms with Crippen LogP contribution in [-0.4, -0.2) is 10.1 Å². The first-order valence-corrected chi connectivity index (χ1v) is 6.27. The van der Waals surface area contributed by atoms with Crippen molar-refractivity contribution in [3.8, 4) is 11.3 Å². The number of aliphatic hydroxyl groups is 1. The molecule has 0 aliphatic carbocycles. The normalized spacial score (nSPS) is 12.7. The van der Waals surface area contributed by atoms with Gasteiger partial charge in [-0.25, -0.2) is 4.98 Å². The Labute approximate surface area is 99.6 Å². The number of benzene rings is 1. The van der Waals surface area contributed by atoms with Crippen LogP contribution in [0.2, 0.25) is 0 Å². The maximum absolute atomic E-state index is 9.55. The standard InChI is InChI=1S/C13H15NOS/c1-3-11-12(10-7-5-4-6-8-10)14-13(16-11)9(2)15/h4-9,15H,3H2,1-2H3. The molecule has 16 heavy (non-hydrogen) atoms. The van der Waals surface area contributed by atoms with E-state index in [1.54, 1.807) is 18.3 Å². The molecule has 0 aliphatic heterocycles. The molecule has 0 aliphatic rings. The zero-order valence-electron chi connectivity index (χ0n) is 9.47. The molecule has 2 rings (SSSR count). The van der Waals surface area contributed by atoms with E-state index in [0.29, 0.717) is 0 Å². The van der Waals surface area contributed by atoms with Crippen molar-refractivity contribution in [1.29, 1.82) is 0 Å². The zero-order valence-corrected chi connectivity index (χ0v) is 10.3. The van der Waals surface area contributed by atoms with Gasteiger partial charge in [0.15, 0.2) is 0 Å². The number of thiazole rings is 1. The summed E-state index contributed by atoms with van der Waals surface area (Å²) in [5, 5.41) is 10.4. The lowest BCUT2D eigenvalue weighted by molar-refractivity contribution is 0.199. The smallest absolute Gasteiger partial charge is 0.122 e. The lowest BCUT2D eigenvalue weighted by Gasteiger charge is -1.99. The molecule has 0 saturated carbocycles. The SMILES string of the molecule is CCc1sc(C(C)O)nc1-c1ccccc1. The first-order valence-electron chi connectivity index (χ1n) is 5.45. The molecule has 2 nitrogen and oxygen atoms in total. The van der Waals surface area contributed by atoms with Gasteiger partial charge in [0.05, 0.1) is 5.69 Å². The highest BCUT2D eigenvalue weighted by atomic mass is 32.1. The molecule has 0 radical (unpaired) electrons. The van der Waals surface area contributed by atoms with Crippen LogP contribution in [0, 0.1) is 0 Å². The Hall–Kier alpha value is -1.19. The third kappa shape index (κ3) is 2.15. The molecule has 1 aromatic carbocycles. The van der Waals surface area contributed by atoms with E-state index < -0.39 is 6.10 Å². The number of hydrogen-bond donors (Lipinski definition) is 1. The van der Waals surface area contributed by atoms with Crippen LogP contribution in [-0.2, 0) is 6.42 Å². The van der Waals surface area contributed by atoms with Crippen LogP contribution in [0.25, 0.3) is 11.3 Å². The van der Waals surface area contributed by atoms with Crippen LogP contribution in [0.1, 0.15) is 29.8 Å². The van der Waals surface area contributed by atoms with Gasteiger partial charge < -0.3 is 5.11 Å². The molecule has 1 aromatic heterocycles. The summed E-state index contributed by atoms with van der Waals surface area (Å²) < 4.78 is 0. The maximum Gasteiger partial charge on any atom is 0.122 e. The molecule has 1 heterocycles. The lowest BCUT2D eigenvalue weighted by atomic mass is 10.1. The van der Waals surface area contributed by atoms with Crippen LogP contribution in [0.4, 0.5) is 0 Å². The third-order valence-corrected chi connectivity index (χ3v) is 3.81. The van der Waals surface area contributed by atoms with Gasteiger partial charge in [0.2, 0.25) is 0 Å². The Morgan fingerprint density at radius 2 is 2.00 bits per heavy atom. The molecule has 0 saturated heterocycles. The van der Waals surface area contributed by atoms with Gasteiger partial charge in [-0.1, -0.05) is 37.3 Å². The Morgan fingerprint density at radius 3 is 2.56 bits per heavy atom. The lowest BCUT2D eigenvalue weighted by Crippen LogP contribution is -1.89. The van der Waals surface area contributed by atoms with E-state index in [4.69, 9.17) is 0 Å². The topological polar surface area (TPSA) is 33.1 Å². The number of aliphatic hydroxyl groups excluding tert-OH is 1. The van der Waals surface area contributed by atoms with Gasteiger partial charge in [-0.15, -0.1) is 11.3 Å². The van der Waals surface area contributed by atoms with Gasteiger partial charge in [-0.3, -0.25) is 0 Å². The van der Waals surface area contributed by atoms with Gasteiger partial charge in [-0.05, 0) is 13.3 Å². The van der Waals surface area contributed by atoms with E-state index >= 15 is 0 Å². The van der Waals surface area contributed by atoms with Crippen LogP contribution < -0.4 is 0 Å². The summed E-state index contributed by atoms with van der Waals surface area (Å²) in [5.74, 6) is 0. The molecule has 1 N–H and O–H groups in total. The highest BCUT2D eigenvalue weighted by molar-refractivity contribution is 7.12. The number of aromatic nitrogens is 1. The predicted molar refractivity (Wildman–Crippen MR) is 67.6 cm³/mol. The molecule has 0 amide bonds. The summed E-state index contributed by atoms with van der Waals surface area (Å²) in [5.41, 5.74) is 2.14. The van der Waals surface area contributed by atoms with Crippen molar-refractivity contribution in [2.45, 2.75) is 26.4 Å². The van der Waals surface area contributed by atoms with E-state index in [-0.39, 0.29) is 0 Å². The van der Waals surface area contributed by atoms with Gasteiger partial charge in [0, 0.05) is 10.4 Å². The van der Waals surface area contributed by atoms with E-state index in [1.165, 1.54) is 4.88 Å². The van der Waals surface area contributed by atoms with Crippen molar-refractivity contribution < 1.29 is 5.11 Å². The first kappa shape index (κ1) is 11.3. The van der Waals surface area contributed by atoms with Gasteiger partial charge in [-0.2, -0.15) is 0 Å². The largest absolute Gasteiger partial charge is 0.386 e. The summed E-state index contributed by atoms with van der Waals surface area (Å²) in [4.78, 5) is 5.76. The monoisotopic (exact) mass is 233 g/mol. The van der Waals surface area contributed by atoms with Crippen LogP contribution >= 0.6 is 11.3 Å². The second-order valence-electron chi connectivity index (χ2n) is 3.72. The Bertz CT molecular complexity index is 462. The molecule has 1 atom stereocenters. The van der Waals surface area contributed by atoms with Crippen molar-refractivity contribution in [3.05, 3.63) is 40.2 Å². The fourth-order valence-corrected chi connectivity index (χ4v) is 2.57. The van der Waals surface area contributed by atoms with Crippen LogP contribution in [0.5, 0.6) is 0 Å². The Balaban J connectivity index is 2.48. The average Bonchev–Trinajstić information content (AvgIpc) is 2.74. The van der Waals surface area contributed by atoms with Crippen molar-refractivity contribution in [1.82, 2.24) is 4.98 Å². The van der Waals surface area contributed by atoms with E-state index in [2.05, 4.69) is 24.0 Å². The number of hydrogen-bond acceptors (Lipinski definition) is 3. The Morgan fingerprint density at radius 1 is 1.31 bits per heavy atom. The summed E-state index contributed by atoms with van der Waals surface area (Å²) in [6.45, 7) is 3.87. The second-order valence-corrected chi connectivity index (χ2v) is 4.83. The number of aryl methyl sites for hydroxylation is 1. The summed E-state index contributed by atoms with van der Waals surface area (Å²) in [6, 6.07) is 10.1. The zero-order chi connectivity index (χ0) is 11.5. The first-order chi connectivity index (χ1) is 7.72. The van der Waals surface area contributed by atoms with Crippen molar-refractivity contribution in [2.75, 3.05) is 0 Å². The molecular weight excluding hydrogens is 218 g/mol. The van der Waals surface area contributed by atoms with E-state index in [0.717, 1.165) is 22.7 Å². The number of rotatable bonds is 3. The minimum Gasteiger partial charge on any atom is -0.386 e. The average molecular weight is 233 g/mol.